The predicted octanol–water partition coefficient (Wildman–Crippen LogP) is 2.03. The van der Waals surface area contributed by atoms with E-state index in [1.807, 2.05) is 0 Å². The van der Waals surface area contributed by atoms with Crippen molar-refractivity contribution < 1.29 is 0 Å². The molecule has 0 spiro atoms. The van der Waals surface area contributed by atoms with Crippen LogP contribution in [0.15, 0.2) is 0 Å². The van der Waals surface area contributed by atoms with Crippen LogP contribution < -0.4 is 5.32 Å². The Morgan fingerprint density at radius 3 is 2.90 bits per heavy atom. The zero-order valence-corrected chi connectivity index (χ0v) is 7.19. The van der Waals surface area contributed by atoms with Crippen molar-refractivity contribution in [2.75, 3.05) is 13.1 Å². The van der Waals surface area contributed by atoms with Gasteiger partial charge in [-0.25, -0.2) is 0 Å². The lowest BCUT2D eigenvalue weighted by atomic mass is 9.85. The minimum absolute atomic E-state index is 0.911. The van der Waals surface area contributed by atoms with Crippen LogP contribution in [0.25, 0.3) is 0 Å². The first kappa shape index (κ1) is 8.06. The van der Waals surface area contributed by atoms with Gasteiger partial charge in [0, 0.05) is 0 Å². The van der Waals surface area contributed by atoms with E-state index in [1.54, 1.807) is 0 Å². The minimum atomic E-state index is 0.911. The molecule has 1 heteroatoms. The van der Waals surface area contributed by atoms with Gasteiger partial charge in [-0.15, -0.1) is 0 Å². The van der Waals surface area contributed by atoms with Gasteiger partial charge >= 0.3 is 0 Å². The van der Waals surface area contributed by atoms with Crippen molar-refractivity contribution in [2.45, 2.75) is 33.1 Å². The zero-order valence-electron chi connectivity index (χ0n) is 7.19. The van der Waals surface area contributed by atoms with E-state index in [-0.39, 0.29) is 0 Å². The third-order valence-corrected chi connectivity index (χ3v) is 2.62. The summed E-state index contributed by atoms with van der Waals surface area (Å²) in [4.78, 5) is 0. The van der Waals surface area contributed by atoms with Crippen LogP contribution >= 0.6 is 0 Å². The standard InChI is InChI=1S/C9H19N/c1-3-4-9-5-6-10-7-8(9)2/h8-10H,3-7H2,1-2H3/t8-,9+/m1/s1. The molecule has 0 aromatic heterocycles. The van der Waals surface area contributed by atoms with Crippen LogP contribution in [0.2, 0.25) is 0 Å². The molecule has 1 heterocycles. The van der Waals surface area contributed by atoms with Crippen molar-refractivity contribution >= 4 is 0 Å². The summed E-state index contributed by atoms with van der Waals surface area (Å²) in [5.74, 6) is 1.92. The molecule has 1 nitrogen and oxygen atoms in total. The monoisotopic (exact) mass is 141 g/mol. The highest BCUT2D eigenvalue weighted by molar-refractivity contribution is 4.74. The Morgan fingerprint density at radius 1 is 1.50 bits per heavy atom. The zero-order chi connectivity index (χ0) is 7.40. The van der Waals surface area contributed by atoms with Crippen LogP contribution in [-0.2, 0) is 0 Å². The van der Waals surface area contributed by atoms with E-state index in [4.69, 9.17) is 0 Å². The highest BCUT2D eigenvalue weighted by Crippen LogP contribution is 2.22. The molecule has 1 saturated heterocycles. The van der Waals surface area contributed by atoms with E-state index >= 15 is 0 Å². The molecular weight excluding hydrogens is 122 g/mol. The molecule has 2 atom stereocenters. The van der Waals surface area contributed by atoms with E-state index in [1.165, 1.54) is 32.4 Å². The van der Waals surface area contributed by atoms with Gasteiger partial charge in [-0.2, -0.15) is 0 Å². The fraction of sp³-hybridized carbons (Fsp3) is 1.00. The van der Waals surface area contributed by atoms with Gasteiger partial charge in [0.1, 0.15) is 0 Å². The maximum absolute atomic E-state index is 3.42. The van der Waals surface area contributed by atoms with E-state index in [9.17, 15) is 0 Å². The molecule has 1 N–H and O–H groups in total. The summed E-state index contributed by atoms with van der Waals surface area (Å²) in [6.07, 6.45) is 4.19. The average molecular weight is 141 g/mol. The highest BCUT2D eigenvalue weighted by Gasteiger charge is 2.19. The summed E-state index contributed by atoms with van der Waals surface area (Å²) in [7, 11) is 0. The van der Waals surface area contributed by atoms with Crippen LogP contribution in [0.3, 0.4) is 0 Å². The second kappa shape index (κ2) is 3.97. The molecule has 0 radical (unpaired) electrons. The van der Waals surface area contributed by atoms with Crippen molar-refractivity contribution in [1.29, 1.82) is 0 Å². The Balaban J connectivity index is 2.25. The molecule has 0 unspecified atom stereocenters. The molecule has 0 amide bonds. The molecule has 10 heavy (non-hydrogen) atoms. The molecule has 60 valence electrons. The maximum Gasteiger partial charge on any atom is -0.00205 e. The molecule has 0 aliphatic carbocycles. The summed E-state index contributed by atoms with van der Waals surface area (Å²) in [5, 5.41) is 3.42. The van der Waals surface area contributed by atoms with E-state index < -0.39 is 0 Å². The molecule has 0 aromatic rings. The average Bonchev–Trinajstić information content (AvgIpc) is 1.94. The number of rotatable bonds is 2. The summed E-state index contributed by atoms with van der Waals surface area (Å²) in [6.45, 7) is 7.14. The highest BCUT2D eigenvalue weighted by atomic mass is 14.9. The first-order valence-electron chi connectivity index (χ1n) is 4.55. The van der Waals surface area contributed by atoms with E-state index in [0.717, 1.165) is 11.8 Å². The van der Waals surface area contributed by atoms with Crippen molar-refractivity contribution in [2.24, 2.45) is 11.8 Å². The Bertz CT molecular complexity index is 88.7. The number of hydrogen-bond acceptors (Lipinski definition) is 1. The molecular formula is C9H19N. The molecule has 0 bridgehead atoms. The first-order valence-corrected chi connectivity index (χ1v) is 4.55. The summed E-state index contributed by atoms with van der Waals surface area (Å²) < 4.78 is 0. The Labute approximate surface area is 64.2 Å². The van der Waals surface area contributed by atoms with Gasteiger partial charge in [-0.3, -0.25) is 0 Å². The van der Waals surface area contributed by atoms with Gasteiger partial charge in [0.05, 0.1) is 0 Å². The lowest BCUT2D eigenvalue weighted by Gasteiger charge is -2.29. The van der Waals surface area contributed by atoms with E-state index in [2.05, 4.69) is 19.2 Å². The number of piperidine rings is 1. The van der Waals surface area contributed by atoms with Crippen LogP contribution in [0.5, 0.6) is 0 Å². The third-order valence-electron chi connectivity index (χ3n) is 2.62. The molecule has 1 rings (SSSR count). The minimum Gasteiger partial charge on any atom is -0.316 e. The van der Waals surface area contributed by atoms with Crippen molar-refractivity contribution in [3.05, 3.63) is 0 Å². The lowest BCUT2D eigenvalue weighted by molar-refractivity contribution is 0.257. The van der Waals surface area contributed by atoms with Gasteiger partial charge in [0.25, 0.3) is 0 Å². The second-order valence-electron chi connectivity index (χ2n) is 3.52. The maximum atomic E-state index is 3.42. The topological polar surface area (TPSA) is 12.0 Å². The second-order valence-corrected chi connectivity index (χ2v) is 3.52. The molecule has 1 aliphatic heterocycles. The first-order chi connectivity index (χ1) is 4.84. The summed E-state index contributed by atoms with van der Waals surface area (Å²) in [5.41, 5.74) is 0. The Hall–Kier alpha value is -0.0400. The molecule has 1 aliphatic rings. The largest absolute Gasteiger partial charge is 0.316 e. The quantitative estimate of drug-likeness (QED) is 0.620. The van der Waals surface area contributed by atoms with Gasteiger partial charge in [0.2, 0.25) is 0 Å². The van der Waals surface area contributed by atoms with Gasteiger partial charge < -0.3 is 5.32 Å². The predicted molar refractivity (Wildman–Crippen MR) is 45.0 cm³/mol. The van der Waals surface area contributed by atoms with Crippen LogP contribution in [0.1, 0.15) is 33.1 Å². The molecule has 1 fully saturated rings. The summed E-state index contributed by atoms with van der Waals surface area (Å²) >= 11 is 0. The normalized spacial score (nSPS) is 34.2. The van der Waals surface area contributed by atoms with Crippen molar-refractivity contribution in [3.8, 4) is 0 Å². The molecule has 0 aromatic carbocycles. The molecule has 0 saturated carbocycles. The third kappa shape index (κ3) is 1.98. The fourth-order valence-electron chi connectivity index (χ4n) is 1.87. The van der Waals surface area contributed by atoms with Crippen molar-refractivity contribution in [3.63, 3.8) is 0 Å². The Kier molecular flexibility index (Phi) is 3.20. The SMILES string of the molecule is CCC[C@H]1CCNC[C@H]1C. The van der Waals surface area contributed by atoms with Gasteiger partial charge in [0.15, 0.2) is 0 Å². The summed E-state index contributed by atoms with van der Waals surface area (Å²) in [6, 6.07) is 0. The van der Waals surface area contributed by atoms with Crippen LogP contribution in [0.4, 0.5) is 0 Å². The fourth-order valence-corrected chi connectivity index (χ4v) is 1.87. The smallest absolute Gasteiger partial charge is 0.00205 e. The van der Waals surface area contributed by atoms with Crippen LogP contribution in [0, 0.1) is 11.8 Å². The van der Waals surface area contributed by atoms with Crippen molar-refractivity contribution in [1.82, 2.24) is 5.32 Å². The lowest BCUT2D eigenvalue weighted by Crippen LogP contribution is -2.34. The van der Waals surface area contributed by atoms with Gasteiger partial charge in [-0.05, 0) is 31.3 Å². The van der Waals surface area contributed by atoms with Crippen LogP contribution in [-0.4, -0.2) is 13.1 Å². The Morgan fingerprint density at radius 2 is 2.30 bits per heavy atom. The number of nitrogens with one attached hydrogen (secondary N) is 1. The van der Waals surface area contributed by atoms with Gasteiger partial charge in [-0.1, -0.05) is 26.7 Å². The number of hydrogen-bond donors (Lipinski definition) is 1. The van der Waals surface area contributed by atoms with E-state index in [0.29, 0.717) is 0 Å².